The Balaban J connectivity index is 2.31. The Kier molecular flexibility index (Phi) is 3.33. The number of rotatable bonds is 2. The number of alkyl halides is 1. The minimum Gasteiger partial charge on any atom is -0.295 e. The zero-order valence-electron chi connectivity index (χ0n) is 10.4. The molecule has 2 aromatic carbocycles. The van der Waals surface area contributed by atoms with E-state index in [1.807, 2.05) is 12.1 Å². The van der Waals surface area contributed by atoms with Crippen LogP contribution in [0.1, 0.15) is 11.4 Å². The van der Waals surface area contributed by atoms with Gasteiger partial charge in [0.25, 0.3) is 0 Å². The molecule has 0 N–H and O–H groups in total. The van der Waals surface area contributed by atoms with Gasteiger partial charge in [0.05, 0.1) is 16.9 Å². The number of halogens is 2. The van der Waals surface area contributed by atoms with Crippen molar-refractivity contribution in [2.75, 3.05) is 0 Å². The SMILES string of the molecule is Cc1ccc(-n2c(CCl)nc3ccc(Br)cc32)cc1. The molecule has 2 nitrogen and oxygen atoms in total. The largest absolute Gasteiger partial charge is 0.295 e. The van der Waals surface area contributed by atoms with Gasteiger partial charge in [-0.25, -0.2) is 4.98 Å². The van der Waals surface area contributed by atoms with Crippen LogP contribution in [0.2, 0.25) is 0 Å². The molecule has 0 amide bonds. The van der Waals surface area contributed by atoms with Crippen LogP contribution < -0.4 is 0 Å². The molecule has 0 aliphatic rings. The van der Waals surface area contributed by atoms with Gasteiger partial charge >= 0.3 is 0 Å². The fourth-order valence-electron chi connectivity index (χ4n) is 2.17. The smallest absolute Gasteiger partial charge is 0.129 e. The fraction of sp³-hybridized carbons (Fsp3) is 0.133. The second kappa shape index (κ2) is 4.99. The first-order valence-corrected chi connectivity index (χ1v) is 7.31. The van der Waals surface area contributed by atoms with Crippen molar-refractivity contribution in [3.05, 3.63) is 58.3 Å². The summed E-state index contributed by atoms with van der Waals surface area (Å²) in [6, 6.07) is 14.4. The zero-order valence-corrected chi connectivity index (χ0v) is 12.7. The molecular formula is C15H12BrClN2. The molecule has 96 valence electrons. The van der Waals surface area contributed by atoms with Crippen molar-refractivity contribution in [2.45, 2.75) is 12.8 Å². The summed E-state index contributed by atoms with van der Waals surface area (Å²) in [5, 5.41) is 0. The molecule has 0 saturated carbocycles. The highest BCUT2D eigenvalue weighted by atomic mass is 79.9. The van der Waals surface area contributed by atoms with E-state index in [-0.39, 0.29) is 0 Å². The van der Waals surface area contributed by atoms with Crippen LogP contribution in [0.3, 0.4) is 0 Å². The molecule has 0 aliphatic carbocycles. The van der Waals surface area contributed by atoms with Crippen LogP contribution in [0.15, 0.2) is 46.9 Å². The average molecular weight is 336 g/mol. The summed E-state index contributed by atoms with van der Waals surface area (Å²) in [4.78, 5) is 4.58. The van der Waals surface area contributed by atoms with Crippen molar-refractivity contribution in [2.24, 2.45) is 0 Å². The lowest BCUT2D eigenvalue weighted by Crippen LogP contribution is -1.99. The number of aromatic nitrogens is 2. The first-order valence-electron chi connectivity index (χ1n) is 5.99. The van der Waals surface area contributed by atoms with Gasteiger partial charge in [-0.2, -0.15) is 0 Å². The number of fused-ring (bicyclic) bond motifs is 1. The van der Waals surface area contributed by atoms with Gasteiger partial charge in [0, 0.05) is 10.2 Å². The Labute approximate surface area is 125 Å². The molecule has 0 radical (unpaired) electrons. The van der Waals surface area contributed by atoms with Gasteiger partial charge < -0.3 is 0 Å². The van der Waals surface area contributed by atoms with Crippen molar-refractivity contribution in [3.8, 4) is 5.69 Å². The standard InChI is InChI=1S/C15H12BrClN2/c1-10-2-5-12(6-3-10)19-14-8-11(16)4-7-13(14)18-15(19)9-17/h2-8H,9H2,1H3. The topological polar surface area (TPSA) is 17.8 Å². The lowest BCUT2D eigenvalue weighted by Gasteiger charge is -2.08. The van der Waals surface area contributed by atoms with E-state index in [4.69, 9.17) is 11.6 Å². The number of imidazole rings is 1. The normalized spacial score (nSPS) is 11.1. The number of aryl methyl sites for hydroxylation is 1. The number of nitrogens with zero attached hydrogens (tertiary/aromatic N) is 2. The van der Waals surface area contributed by atoms with Crippen molar-refractivity contribution in [1.82, 2.24) is 9.55 Å². The molecule has 4 heteroatoms. The number of benzene rings is 2. The molecule has 1 aromatic heterocycles. The third-order valence-electron chi connectivity index (χ3n) is 3.10. The van der Waals surface area contributed by atoms with Crippen LogP contribution in [-0.4, -0.2) is 9.55 Å². The van der Waals surface area contributed by atoms with E-state index in [0.717, 1.165) is 27.0 Å². The van der Waals surface area contributed by atoms with Gasteiger partial charge in [0.2, 0.25) is 0 Å². The fourth-order valence-corrected chi connectivity index (χ4v) is 2.70. The molecule has 0 bridgehead atoms. The quantitative estimate of drug-likeness (QED) is 0.613. The first kappa shape index (κ1) is 12.7. The molecule has 0 aliphatic heterocycles. The second-order valence-corrected chi connectivity index (χ2v) is 5.65. The van der Waals surface area contributed by atoms with E-state index in [2.05, 4.69) is 62.7 Å². The monoisotopic (exact) mass is 334 g/mol. The lowest BCUT2D eigenvalue weighted by atomic mass is 10.2. The van der Waals surface area contributed by atoms with Crippen LogP contribution in [-0.2, 0) is 5.88 Å². The first-order chi connectivity index (χ1) is 9.19. The predicted octanol–water partition coefficient (Wildman–Crippen LogP) is 4.84. The molecule has 3 rings (SSSR count). The summed E-state index contributed by atoms with van der Waals surface area (Å²) in [7, 11) is 0. The van der Waals surface area contributed by atoms with Crippen molar-refractivity contribution in [3.63, 3.8) is 0 Å². The Morgan fingerprint density at radius 1 is 1.16 bits per heavy atom. The minimum atomic E-state index is 0.389. The van der Waals surface area contributed by atoms with Crippen molar-refractivity contribution < 1.29 is 0 Å². The van der Waals surface area contributed by atoms with Gasteiger partial charge in [-0.3, -0.25) is 4.57 Å². The average Bonchev–Trinajstić information content (AvgIpc) is 2.77. The van der Waals surface area contributed by atoms with Gasteiger partial charge in [0.1, 0.15) is 5.82 Å². The van der Waals surface area contributed by atoms with Gasteiger partial charge in [-0.05, 0) is 37.3 Å². The Hall–Kier alpha value is -1.32. The highest BCUT2D eigenvalue weighted by Gasteiger charge is 2.11. The third kappa shape index (κ3) is 2.28. The number of hydrogen-bond acceptors (Lipinski definition) is 1. The van der Waals surface area contributed by atoms with Crippen LogP contribution >= 0.6 is 27.5 Å². The molecule has 19 heavy (non-hydrogen) atoms. The van der Waals surface area contributed by atoms with Crippen LogP contribution in [0.25, 0.3) is 16.7 Å². The molecule has 0 atom stereocenters. The maximum atomic E-state index is 6.03. The van der Waals surface area contributed by atoms with Gasteiger partial charge in [-0.15, -0.1) is 11.6 Å². The van der Waals surface area contributed by atoms with Crippen molar-refractivity contribution in [1.29, 1.82) is 0 Å². The molecule has 0 saturated heterocycles. The maximum Gasteiger partial charge on any atom is 0.129 e. The maximum absolute atomic E-state index is 6.03. The molecule has 0 spiro atoms. The molecule has 0 unspecified atom stereocenters. The van der Waals surface area contributed by atoms with Crippen LogP contribution in [0.5, 0.6) is 0 Å². The lowest BCUT2D eigenvalue weighted by molar-refractivity contribution is 0.981. The van der Waals surface area contributed by atoms with E-state index in [9.17, 15) is 0 Å². The highest BCUT2D eigenvalue weighted by molar-refractivity contribution is 9.10. The minimum absolute atomic E-state index is 0.389. The van der Waals surface area contributed by atoms with E-state index in [0.29, 0.717) is 5.88 Å². The predicted molar refractivity (Wildman–Crippen MR) is 83.1 cm³/mol. The second-order valence-electron chi connectivity index (χ2n) is 4.47. The summed E-state index contributed by atoms with van der Waals surface area (Å²) < 4.78 is 3.14. The summed E-state index contributed by atoms with van der Waals surface area (Å²) in [6.45, 7) is 2.08. The van der Waals surface area contributed by atoms with Crippen LogP contribution in [0.4, 0.5) is 0 Å². The molecule has 3 aromatic rings. The Morgan fingerprint density at radius 2 is 1.89 bits per heavy atom. The van der Waals surface area contributed by atoms with E-state index in [1.165, 1.54) is 5.56 Å². The highest BCUT2D eigenvalue weighted by Crippen LogP contribution is 2.25. The number of hydrogen-bond donors (Lipinski definition) is 0. The van der Waals surface area contributed by atoms with Crippen LogP contribution in [0, 0.1) is 6.92 Å². The summed E-state index contributed by atoms with van der Waals surface area (Å²) in [6.07, 6.45) is 0. The summed E-state index contributed by atoms with van der Waals surface area (Å²) in [5.41, 5.74) is 4.34. The molecule has 1 heterocycles. The molecular weight excluding hydrogens is 324 g/mol. The van der Waals surface area contributed by atoms with Gasteiger partial charge in [-0.1, -0.05) is 33.6 Å². The Bertz CT molecular complexity index is 732. The van der Waals surface area contributed by atoms with E-state index in [1.54, 1.807) is 0 Å². The van der Waals surface area contributed by atoms with Gasteiger partial charge in [0.15, 0.2) is 0 Å². The molecule has 0 fully saturated rings. The Morgan fingerprint density at radius 3 is 2.58 bits per heavy atom. The van der Waals surface area contributed by atoms with Crippen molar-refractivity contribution >= 4 is 38.6 Å². The van der Waals surface area contributed by atoms with E-state index >= 15 is 0 Å². The van der Waals surface area contributed by atoms with E-state index < -0.39 is 0 Å². The zero-order chi connectivity index (χ0) is 13.4. The third-order valence-corrected chi connectivity index (χ3v) is 3.83. The summed E-state index contributed by atoms with van der Waals surface area (Å²) in [5.74, 6) is 1.25. The summed E-state index contributed by atoms with van der Waals surface area (Å²) >= 11 is 9.54.